The van der Waals surface area contributed by atoms with E-state index in [2.05, 4.69) is 88.9 Å². The predicted octanol–water partition coefficient (Wildman–Crippen LogP) is 1.27. The standard InChI is InChI=1S/C63H98N14O14S/c1-10-35(6)38(9)63-75-48(32-92-63)60(89)71-44(27-34(4)5)57(86)69-43(23-24-49(78)79)56(85)77-51(36(7)11-2)61(90)70-41-21-16-17-26-66-53(82)47(30-50(80)81)73-59(88)46(29-40-31-65-33-67-40)72-58(87)45(28-39-19-14-13-15-20-39)74-62(91)52(37(8)12-3)76-55(84)42(22-18-25-64)68-54(41)83/h13-15,19-20,31,33-38,41-48,51-52H,10-12,16-18,21-30,32,64H2,1-9H3,(H,65,67)(H,66,82)(H,68,83)(H,69,86)(H,70,90)(H,71,89)(H,72,87)(H,73,88)(H,74,91)(H,76,84)(H,77,85)(H,78,79)(H,80,81). The Bertz CT molecular complexity index is 2840. The number of carbonyl (C=O) groups excluding carboxylic acids is 10. The van der Waals surface area contributed by atoms with Crippen LogP contribution in [0, 0.1) is 29.6 Å². The summed E-state index contributed by atoms with van der Waals surface area (Å²) in [5, 5.41) is 47.4. The number of aromatic amines is 1. The van der Waals surface area contributed by atoms with Crippen LogP contribution in [-0.2, 0) is 70.4 Å². The Morgan fingerprint density at radius 3 is 1.92 bits per heavy atom. The van der Waals surface area contributed by atoms with E-state index in [1.165, 1.54) is 24.3 Å². The van der Waals surface area contributed by atoms with E-state index < -0.39 is 163 Å². The average molecular weight is 1310 g/mol. The van der Waals surface area contributed by atoms with Crippen LogP contribution in [0.15, 0.2) is 47.8 Å². The van der Waals surface area contributed by atoms with Gasteiger partial charge in [0.2, 0.25) is 59.1 Å². The third-order valence-corrected chi connectivity index (χ3v) is 18.0. The van der Waals surface area contributed by atoms with Crippen molar-refractivity contribution >= 4 is 87.8 Å². The van der Waals surface area contributed by atoms with Crippen molar-refractivity contribution in [2.75, 3.05) is 18.8 Å². The quantitative estimate of drug-likeness (QED) is 0.0545. The molecule has 510 valence electrons. The molecule has 0 aliphatic carbocycles. The molecule has 3 heterocycles. The van der Waals surface area contributed by atoms with Crippen LogP contribution in [-0.4, -0.2) is 175 Å². The zero-order valence-corrected chi connectivity index (χ0v) is 55.2. The van der Waals surface area contributed by atoms with E-state index in [1.807, 2.05) is 13.8 Å². The number of carbonyl (C=O) groups is 12. The minimum absolute atomic E-state index is 0.0468. The van der Waals surface area contributed by atoms with Crippen LogP contribution in [0.5, 0.6) is 0 Å². The molecule has 0 spiro atoms. The molecule has 29 heteroatoms. The van der Waals surface area contributed by atoms with Crippen LogP contribution < -0.4 is 58.9 Å². The summed E-state index contributed by atoms with van der Waals surface area (Å²) in [5.74, 6) is -11.5. The number of nitrogens with zero attached hydrogens (tertiary/aromatic N) is 2. The van der Waals surface area contributed by atoms with Crippen LogP contribution in [0.1, 0.15) is 151 Å². The van der Waals surface area contributed by atoms with Crippen LogP contribution in [0.3, 0.4) is 0 Å². The van der Waals surface area contributed by atoms with Gasteiger partial charge in [-0.25, -0.2) is 4.98 Å². The molecular formula is C63H98N14O14S. The second-order valence-corrected chi connectivity index (χ2v) is 25.5. The highest BCUT2D eigenvalue weighted by atomic mass is 32.2. The number of H-pyrrole nitrogens is 1. The number of carboxylic acids is 2. The lowest BCUT2D eigenvalue weighted by Gasteiger charge is -2.31. The Hall–Kier alpha value is -7.95. The number of nitrogens with two attached hydrogens (primary N) is 1. The number of aliphatic carboxylic acids is 2. The number of nitrogens with one attached hydrogen (secondary N) is 11. The number of rotatable bonds is 29. The molecule has 2 aliphatic heterocycles. The number of imidazole rings is 1. The molecule has 1 aromatic carbocycles. The Balaban J connectivity index is 1.71. The summed E-state index contributed by atoms with van der Waals surface area (Å²) in [6.07, 6.45) is 2.42. The molecule has 15 N–H and O–H groups in total. The van der Waals surface area contributed by atoms with E-state index in [1.54, 1.807) is 58.0 Å². The molecule has 4 rings (SSSR count). The van der Waals surface area contributed by atoms with Crippen LogP contribution >= 0.6 is 11.8 Å². The fourth-order valence-electron chi connectivity index (χ4n) is 10.3. The number of amides is 10. The molecular weight excluding hydrogens is 1210 g/mol. The Labute approximate surface area is 542 Å². The predicted molar refractivity (Wildman–Crippen MR) is 345 cm³/mol. The molecule has 1 saturated heterocycles. The van der Waals surface area contributed by atoms with Crippen molar-refractivity contribution in [2.45, 2.75) is 213 Å². The molecule has 2 aromatic rings. The summed E-state index contributed by atoms with van der Waals surface area (Å²) >= 11 is 1.49. The maximum atomic E-state index is 14.8. The summed E-state index contributed by atoms with van der Waals surface area (Å²) in [4.78, 5) is 179. The fourth-order valence-corrected chi connectivity index (χ4v) is 11.6. The van der Waals surface area contributed by atoms with Gasteiger partial charge in [0.05, 0.1) is 17.8 Å². The van der Waals surface area contributed by atoms with Gasteiger partial charge in [-0.05, 0) is 80.7 Å². The molecule has 1 fully saturated rings. The van der Waals surface area contributed by atoms with Crippen molar-refractivity contribution in [3.05, 3.63) is 54.1 Å². The topological polar surface area (TPSA) is 433 Å². The summed E-state index contributed by atoms with van der Waals surface area (Å²) in [7, 11) is 0. The van der Waals surface area contributed by atoms with E-state index in [0.717, 1.165) is 11.5 Å². The summed E-state index contributed by atoms with van der Waals surface area (Å²) in [6, 6.07) is -4.94. The number of hydrogen-bond acceptors (Lipinski definition) is 16. The van der Waals surface area contributed by atoms with Crippen molar-refractivity contribution in [1.82, 2.24) is 63.1 Å². The minimum atomic E-state index is -1.66. The van der Waals surface area contributed by atoms with Crippen LogP contribution in [0.4, 0.5) is 0 Å². The maximum Gasteiger partial charge on any atom is 0.305 e. The summed E-state index contributed by atoms with van der Waals surface area (Å²) < 4.78 is 0. The van der Waals surface area contributed by atoms with E-state index in [-0.39, 0.29) is 82.7 Å². The van der Waals surface area contributed by atoms with Gasteiger partial charge < -0.3 is 74.1 Å². The lowest BCUT2D eigenvalue weighted by molar-refractivity contribution is -0.141. The highest BCUT2D eigenvalue weighted by Crippen LogP contribution is 2.29. The fraction of sp³-hybridized carbons (Fsp3) is 0.651. The van der Waals surface area contributed by atoms with E-state index in [4.69, 9.17) is 5.73 Å². The summed E-state index contributed by atoms with van der Waals surface area (Å²) in [6.45, 7) is 16.7. The van der Waals surface area contributed by atoms with Crippen molar-refractivity contribution in [1.29, 1.82) is 0 Å². The Kier molecular flexibility index (Phi) is 32.3. The highest BCUT2D eigenvalue weighted by molar-refractivity contribution is 8.14. The highest BCUT2D eigenvalue weighted by Gasteiger charge is 2.39. The van der Waals surface area contributed by atoms with Gasteiger partial charge in [0.15, 0.2) is 0 Å². The van der Waals surface area contributed by atoms with Crippen molar-refractivity contribution in [3.63, 3.8) is 0 Å². The van der Waals surface area contributed by atoms with Gasteiger partial charge in [-0.1, -0.05) is 112 Å². The van der Waals surface area contributed by atoms with Gasteiger partial charge in [-0.15, -0.1) is 11.8 Å². The van der Waals surface area contributed by atoms with Gasteiger partial charge in [-0.2, -0.15) is 0 Å². The van der Waals surface area contributed by atoms with Gasteiger partial charge in [-0.3, -0.25) is 62.5 Å². The molecule has 0 radical (unpaired) electrons. The number of hydrogen-bond donors (Lipinski definition) is 14. The van der Waals surface area contributed by atoms with Gasteiger partial charge in [0, 0.05) is 49.4 Å². The molecule has 14 unspecified atom stereocenters. The first kappa shape index (κ1) is 76.5. The first-order chi connectivity index (χ1) is 43.7. The van der Waals surface area contributed by atoms with E-state index >= 15 is 0 Å². The third-order valence-electron chi connectivity index (χ3n) is 16.8. The largest absolute Gasteiger partial charge is 0.481 e. The van der Waals surface area contributed by atoms with Crippen molar-refractivity contribution in [3.8, 4) is 0 Å². The van der Waals surface area contributed by atoms with Crippen molar-refractivity contribution in [2.24, 2.45) is 40.3 Å². The molecule has 1 aromatic heterocycles. The molecule has 28 nitrogen and oxygen atoms in total. The monoisotopic (exact) mass is 1310 g/mol. The first-order valence-corrected chi connectivity index (χ1v) is 33.0. The molecule has 14 atom stereocenters. The lowest BCUT2D eigenvalue weighted by atomic mass is 9.94. The lowest BCUT2D eigenvalue weighted by Crippen LogP contribution is -2.62. The number of carboxylic acid groups (broad SMARTS) is 2. The zero-order chi connectivity index (χ0) is 68.2. The van der Waals surface area contributed by atoms with Gasteiger partial charge in [0.1, 0.15) is 60.4 Å². The smallest absolute Gasteiger partial charge is 0.305 e. The summed E-state index contributed by atoms with van der Waals surface area (Å²) in [5.41, 5.74) is 6.92. The molecule has 92 heavy (non-hydrogen) atoms. The van der Waals surface area contributed by atoms with Gasteiger partial charge >= 0.3 is 11.9 Å². The third kappa shape index (κ3) is 24.9. The van der Waals surface area contributed by atoms with E-state index in [9.17, 15) is 67.7 Å². The van der Waals surface area contributed by atoms with E-state index in [0.29, 0.717) is 29.3 Å². The number of benzene rings is 1. The average Bonchev–Trinajstić information content (AvgIpc) is 1.41. The second-order valence-electron chi connectivity index (χ2n) is 24.5. The zero-order valence-electron chi connectivity index (χ0n) is 54.4. The van der Waals surface area contributed by atoms with Crippen molar-refractivity contribution < 1.29 is 67.7 Å². The SMILES string of the molecule is CCC(C)C(C)C1=NC(C(=O)NC(CC(C)C)C(=O)NC(CCC(=O)O)C(=O)NC(C(=O)NC2CCCCNC(=O)C(CC(=O)O)NC(=O)C(Cc3cnc[nH]3)NC(=O)C(Cc3ccccc3)NC(=O)C(C(C)CC)NC(=O)C(CCCN)NC2=O)C(C)CC)CS1. The number of aromatic nitrogens is 2. The molecule has 10 amide bonds. The number of aliphatic imine (C=N–C) groups is 1. The Morgan fingerprint density at radius 2 is 1.32 bits per heavy atom. The first-order valence-electron chi connectivity index (χ1n) is 32.1. The Morgan fingerprint density at radius 1 is 0.685 bits per heavy atom. The second kappa shape index (κ2) is 38.8. The molecule has 0 bridgehead atoms. The maximum absolute atomic E-state index is 14.8. The molecule has 0 saturated carbocycles. The van der Waals surface area contributed by atoms with Crippen LogP contribution in [0.25, 0.3) is 0 Å². The minimum Gasteiger partial charge on any atom is -0.481 e. The normalized spacial score (nSPS) is 23.0. The number of thioether (sulfide) groups is 1. The molecule has 2 aliphatic rings. The van der Waals surface area contributed by atoms with Gasteiger partial charge in [0.25, 0.3) is 0 Å². The van der Waals surface area contributed by atoms with Crippen LogP contribution in [0.2, 0.25) is 0 Å².